The Bertz CT molecular complexity index is 346. The third-order valence-electron chi connectivity index (χ3n) is 1.91. The van der Waals surface area contributed by atoms with Crippen LogP contribution in [0.25, 0.3) is 0 Å². The van der Waals surface area contributed by atoms with Crippen molar-refractivity contribution in [2.75, 3.05) is 6.61 Å². The van der Waals surface area contributed by atoms with Gasteiger partial charge in [-0.05, 0) is 28.1 Å². The molecule has 1 aromatic carbocycles. The topological polar surface area (TPSA) is 20.2 Å². The number of aliphatic hydroxyl groups excluding tert-OH is 1. The zero-order chi connectivity index (χ0) is 11.4. The maximum Gasteiger partial charge on any atom is 0.144 e. The highest BCUT2D eigenvalue weighted by atomic mass is 79.9. The van der Waals surface area contributed by atoms with E-state index in [4.69, 9.17) is 5.11 Å². The van der Waals surface area contributed by atoms with E-state index in [1.165, 1.54) is 23.9 Å². The number of hydrogen-bond donors (Lipinski definition) is 1. The molecule has 1 N–H and O–H groups in total. The van der Waals surface area contributed by atoms with Crippen LogP contribution in [0.4, 0.5) is 8.78 Å². The molecule has 0 radical (unpaired) electrons. The molecule has 84 valence electrons. The van der Waals surface area contributed by atoms with E-state index in [0.29, 0.717) is 0 Å². The second kappa shape index (κ2) is 5.82. The van der Waals surface area contributed by atoms with Crippen molar-refractivity contribution >= 4 is 27.7 Å². The van der Waals surface area contributed by atoms with Gasteiger partial charge in [-0.3, -0.25) is 0 Å². The van der Waals surface area contributed by atoms with Crippen LogP contribution in [0.5, 0.6) is 0 Å². The highest BCUT2D eigenvalue weighted by Gasteiger charge is 2.13. The molecular formula is C10H11BrF2OS. The molecule has 0 fully saturated rings. The first-order valence-corrected chi connectivity index (χ1v) is 6.25. The summed E-state index contributed by atoms with van der Waals surface area (Å²) >= 11 is 4.32. The van der Waals surface area contributed by atoms with E-state index in [0.717, 1.165) is 0 Å². The zero-order valence-electron chi connectivity index (χ0n) is 8.14. The molecule has 0 aromatic heterocycles. The predicted molar refractivity (Wildman–Crippen MR) is 61.9 cm³/mol. The van der Waals surface area contributed by atoms with Crippen molar-refractivity contribution in [3.8, 4) is 0 Å². The Kier molecular flexibility index (Phi) is 5.02. The molecule has 5 heteroatoms. The average molecular weight is 297 g/mol. The van der Waals surface area contributed by atoms with Crippen LogP contribution in [0.3, 0.4) is 0 Å². The lowest BCUT2D eigenvalue weighted by atomic mass is 10.2. The minimum Gasteiger partial charge on any atom is -0.395 e. The summed E-state index contributed by atoms with van der Waals surface area (Å²) in [5, 5.41) is 8.76. The second-order valence-electron chi connectivity index (χ2n) is 3.13. The maximum atomic E-state index is 13.5. The van der Waals surface area contributed by atoms with Crippen molar-refractivity contribution in [3.05, 3.63) is 33.8 Å². The van der Waals surface area contributed by atoms with Gasteiger partial charge in [0.15, 0.2) is 0 Å². The van der Waals surface area contributed by atoms with Crippen LogP contribution >= 0.6 is 27.7 Å². The number of rotatable bonds is 4. The molecule has 0 spiro atoms. The number of benzene rings is 1. The lowest BCUT2D eigenvalue weighted by Gasteiger charge is -2.09. The Labute approximate surface area is 100 Å². The zero-order valence-corrected chi connectivity index (χ0v) is 10.5. The Morgan fingerprint density at radius 3 is 2.73 bits per heavy atom. The molecule has 0 saturated carbocycles. The first-order valence-electron chi connectivity index (χ1n) is 4.41. The van der Waals surface area contributed by atoms with Gasteiger partial charge in [0.05, 0.1) is 11.1 Å². The summed E-state index contributed by atoms with van der Waals surface area (Å²) < 4.78 is 27.0. The van der Waals surface area contributed by atoms with E-state index in [1.807, 2.05) is 0 Å². The Hall–Kier alpha value is -0.130. The van der Waals surface area contributed by atoms with E-state index < -0.39 is 11.6 Å². The standard InChI is InChI=1S/C10H11BrF2OS/c1-6(4-14)15-5-7-9(12)3-2-8(11)10(7)13/h2-3,6,14H,4-5H2,1H3. The van der Waals surface area contributed by atoms with Gasteiger partial charge in [0.1, 0.15) is 11.6 Å². The van der Waals surface area contributed by atoms with E-state index in [2.05, 4.69) is 15.9 Å². The Morgan fingerprint density at radius 2 is 2.13 bits per heavy atom. The van der Waals surface area contributed by atoms with Gasteiger partial charge in [-0.25, -0.2) is 8.78 Å². The fourth-order valence-corrected chi connectivity index (χ4v) is 2.17. The average Bonchev–Trinajstić information content (AvgIpc) is 2.23. The van der Waals surface area contributed by atoms with Gasteiger partial charge in [-0.1, -0.05) is 6.92 Å². The smallest absolute Gasteiger partial charge is 0.144 e. The molecule has 0 saturated heterocycles. The molecule has 1 rings (SSSR count). The van der Waals surface area contributed by atoms with Crippen molar-refractivity contribution in [2.45, 2.75) is 17.9 Å². The summed E-state index contributed by atoms with van der Waals surface area (Å²) in [4.78, 5) is 0. The normalized spacial score (nSPS) is 12.9. The highest BCUT2D eigenvalue weighted by Crippen LogP contribution is 2.26. The third kappa shape index (κ3) is 3.43. The summed E-state index contributed by atoms with van der Waals surface area (Å²) in [6.07, 6.45) is 0. The van der Waals surface area contributed by atoms with Gasteiger partial charge in [0, 0.05) is 16.6 Å². The monoisotopic (exact) mass is 296 g/mol. The molecule has 1 nitrogen and oxygen atoms in total. The van der Waals surface area contributed by atoms with Crippen molar-refractivity contribution < 1.29 is 13.9 Å². The van der Waals surface area contributed by atoms with Crippen molar-refractivity contribution in [1.82, 2.24) is 0 Å². The summed E-state index contributed by atoms with van der Waals surface area (Å²) in [5.74, 6) is -0.889. The maximum absolute atomic E-state index is 13.5. The molecule has 0 heterocycles. The second-order valence-corrected chi connectivity index (χ2v) is 5.41. The van der Waals surface area contributed by atoms with E-state index in [-0.39, 0.29) is 27.6 Å². The fourth-order valence-electron chi connectivity index (χ4n) is 0.980. The first-order chi connectivity index (χ1) is 7.06. The molecule has 1 unspecified atom stereocenters. The highest BCUT2D eigenvalue weighted by molar-refractivity contribution is 9.10. The van der Waals surface area contributed by atoms with Crippen LogP contribution in [0.1, 0.15) is 12.5 Å². The Morgan fingerprint density at radius 1 is 1.47 bits per heavy atom. The molecule has 1 aromatic rings. The molecule has 0 bridgehead atoms. The van der Waals surface area contributed by atoms with Gasteiger partial charge >= 0.3 is 0 Å². The van der Waals surface area contributed by atoms with Gasteiger partial charge in [0.25, 0.3) is 0 Å². The predicted octanol–water partition coefficient (Wildman–Crippen LogP) is 3.34. The number of thioether (sulfide) groups is 1. The van der Waals surface area contributed by atoms with Crippen molar-refractivity contribution in [3.63, 3.8) is 0 Å². The van der Waals surface area contributed by atoms with Crippen LogP contribution in [-0.2, 0) is 5.75 Å². The molecule has 0 aliphatic rings. The quantitative estimate of drug-likeness (QED) is 0.860. The SMILES string of the molecule is CC(CO)SCc1c(F)ccc(Br)c1F. The van der Waals surface area contributed by atoms with E-state index >= 15 is 0 Å². The van der Waals surface area contributed by atoms with E-state index in [9.17, 15) is 8.78 Å². The number of hydrogen-bond acceptors (Lipinski definition) is 2. The molecular weight excluding hydrogens is 286 g/mol. The minimum absolute atomic E-state index is 0.00189. The third-order valence-corrected chi connectivity index (χ3v) is 3.69. The molecule has 0 aliphatic heterocycles. The largest absolute Gasteiger partial charge is 0.395 e. The molecule has 0 amide bonds. The molecule has 0 aliphatic carbocycles. The lowest BCUT2D eigenvalue weighted by Crippen LogP contribution is -2.04. The van der Waals surface area contributed by atoms with Crippen LogP contribution < -0.4 is 0 Å². The molecule has 15 heavy (non-hydrogen) atoms. The van der Waals surface area contributed by atoms with Crippen LogP contribution in [0, 0.1) is 11.6 Å². The number of halogens is 3. The van der Waals surface area contributed by atoms with Gasteiger partial charge in [-0.15, -0.1) is 0 Å². The van der Waals surface area contributed by atoms with Crippen LogP contribution in [-0.4, -0.2) is 17.0 Å². The van der Waals surface area contributed by atoms with Crippen molar-refractivity contribution in [1.29, 1.82) is 0 Å². The van der Waals surface area contributed by atoms with Crippen molar-refractivity contribution in [2.24, 2.45) is 0 Å². The summed E-state index contributed by atoms with van der Waals surface area (Å²) in [5.41, 5.74) is 0.0506. The van der Waals surface area contributed by atoms with Gasteiger partial charge < -0.3 is 5.11 Å². The van der Waals surface area contributed by atoms with Gasteiger partial charge in [0.2, 0.25) is 0 Å². The Balaban J connectivity index is 2.80. The molecule has 1 atom stereocenters. The van der Waals surface area contributed by atoms with E-state index in [1.54, 1.807) is 6.92 Å². The summed E-state index contributed by atoms with van der Waals surface area (Å²) in [7, 11) is 0. The van der Waals surface area contributed by atoms with Gasteiger partial charge in [-0.2, -0.15) is 11.8 Å². The summed E-state index contributed by atoms with van der Waals surface area (Å²) in [6, 6.07) is 2.57. The first kappa shape index (κ1) is 12.9. The minimum atomic E-state index is -0.562. The summed E-state index contributed by atoms with van der Waals surface area (Å²) in [6.45, 7) is 1.81. The van der Waals surface area contributed by atoms with Crippen LogP contribution in [0.15, 0.2) is 16.6 Å². The fraction of sp³-hybridized carbons (Fsp3) is 0.400. The van der Waals surface area contributed by atoms with Crippen LogP contribution in [0.2, 0.25) is 0 Å². The lowest BCUT2D eigenvalue weighted by molar-refractivity contribution is 0.300. The number of aliphatic hydroxyl groups is 1.